The average Bonchev–Trinajstić information content (AvgIpc) is 3.18. The molecule has 0 aromatic heterocycles. The Morgan fingerprint density at radius 3 is 2.42 bits per heavy atom. The number of benzene rings is 2. The molecule has 24 heavy (non-hydrogen) atoms. The van der Waals surface area contributed by atoms with E-state index in [2.05, 4.69) is 5.32 Å². The fourth-order valence-corrected chi connectivity index (χ4v) is 4.14. The first-order valence-corrected chi connectivity index (χ1v) is 8.30. The monoisotopic (exact) mass is 345 g/mol. The molecule has 2 aromatic carbocycles. The molecule has 6 heteroatoms. The van der Waals surface area contributed by atoms with Crippen LogP contribution in [-0.2, 0) is 14.3 Å². The Morgan fingerprint density at radius 2 is 1.71 bits per heavy atom. The molecule has 0 saturated carbocycles. The Hall–Kier alpha value is -2.11. The zero-order chi connectivity index (χ0) is 16.8. The van der Waals surface area contributed by atoms with Gasteiger partial charge in [0.05, 0.1) is 24.0 Å². The molecule has 124 valence electrons. The maximum atomic E-state index is 12.8. The zero-order valence-corrected chi connectivity index (χ0v) is 13.5. The number of halogens is 1. The van der Waals surface area contributed by atoms with Crippen LogP contribution < -0.4 is 5.32 Å². The molecule has 0 radical (unpaired) electrons. The molecule has 0 aliphatic carbocycles. The summed E-state index contributed by atoms with van der Waals surface area (Å²) in [7, 11) is 0. The van der Waals surface area contributed by atoms with Crippen molar-refractivity contribution in [3.05, 3.63) is 41.4 Å². The number of nitrogens with one attached hydrogen (secondary N) is 1. The quantitative estimate of drug-likeness (QED) is 0.894. The summed E-state index contributed by atoms with van der Waals surface area (Å²) in [5.74, 6) is -2.71. The molecule has 2 fully saturated rings. The standard InChI is InChI=1S/C18H16ClNO4/c19-11-5-6-12(10-4-2-1-3-9(10)11)20-17(21)15-13-7-8-14(24-13)16(15)18(22)23/h1-6,13-16H,7-8H2,(H,20,21)(H,22,23). The molecule has 2 saturated heterocycles. The van der Waals surface area contributed by atoms with Crippen LogP contribution in [0.15, 0.2) is 36.4 Å². The summed E-state index contributed by atoms with van der Waals surface area (Å²) < 4.78 is 5.66. The highest BCUT2D eigenvalue weighted by Crippen LogP contribution is 2.44. The fourth-order valence-electron chi connectivity index (χ4n) is 3.91. The Kier molecular flexibility index (Phi) is 3.70. The van der Waals surface area contributed by atoms with Crippen LogP contribution in [0.1, 0.15) is 12.8 Å². The van der Waals surface area contributed by atoms with Crippen molar-refractivity contribution in [2.45, 2.75) is 25.0 Å². The largest absolute Gasteiger partial charge is 0.481 e. The Balaban J connectivity index is 1.65. The number of carboxylic acid groups (broad SMARTS) is 1. The number of carbonyl (C=O) groups is 2. The van der Waals surface area contributed by atoms with Gasteiger partial charge >= 0.3 is 5.97 Å². The number of hydrogen-bond donors (Lipinski definition) is 2. The van der Waals surface area contributed by atoms with Crippen LogP contribution in [0.4, 0.5) is 5.69 Å². The molecule has 0 spiro atoms. The van der Waals surface area contributed by atoms with Crippen LogP contribution in [0.3, 0.4) is 0 Å². The van der Waals surface area contributed by atoms with Crippen molar-refractivity contribution in [2.75, 3.05) is 5.32 Å². The summed E-state index contributed by atoms with van der Waals surface area (Å²) in [6, 6.07) is 11.0. The molecular formula is C18H16ClNO4. The number of rotatable bonds is 3. The smallest absolute Gasteiger partial charge is 0.310 e. The van der Waals surface area contributed by atoms with E-state index in [9.17, 15) is 14.7 Å². The topological polar surface area (TPSA) is 75.6 Å². The number of carboxylic acids is 1. The molecule has 2 aromatic rings. The van der Waals surface area contributed by atoms with E-state index in [0.717, 1.165) is 17.2 Å². The molecule has 4 rings (SSSR count). The van der Waals surface area contributed by atoms with Gasteiger partial charge in [-0.15, -0.1) is 0 Å². The van der Waals surface area contributed by atoms with Gasteiger partial charge in [-0.3, -0.25) is 9.59 Å². The summed E-state index contributed by atoms with van der Waals surface area (Å²) in [6.07, 6.45) is 0.767. The van der Waals surface area contributed by atoms with Gasteiger partial charge in [0, 0.05) is 21.5 Å². The van der Waals surface area contributed by atoms with Crippen LogP contribution in [0.25, 0.3) is 10.8 Å². The van der Waals surface area contributed by atoms with Gasteiger partial charge in [0.15, 0.2) is 0 Å². The maximum Gasteiger partial charge on any atom is 0.310 e. The summed E-state index contributed by atoms with van der Waals surface area (Å²) in [5.41, 5.74) is 0.631. The summed E-state index contributed by atoms with van der Waals surface area (Å²) >= 11 is 6.20. The van der Waals surface area contributed by atoms with Crippen LogP contribution in [-0.4, -0.2) is 29.2 Å². The predicted octanol–water partition coefficient (Wildman–Crippen LogP) is 3.31. The van der Waals surface area contributed by atoms with E-state index >= 15 is 0 Å². The Bertz CT molecular complexity index is 837. The van der Waals surface area contributed by atoms with E-state index in [1.807, 2.05) is 24.3 Å². The van der Waals surface area contributed by atoms with Gasteiger partial charge in [0.2, 0.25) is 5.91 Å². The molecule has 2 aliphatic heterocycles. The number of amides is 1. The first-order chi connectivity index (χ1) is 11.6. The molecule has 2 aliphatic rings. The minimum absolute atomic E-state index is 0.304. The number of anilines is 1. The molecule has 5 nitrogen and oxygen atoms in total. The van der Waals surface area contributed by atoms with Crippen molar-refractivity contribution < 1.29 is 19.4 Å². The highest BCUT2D eigenvalue weighted by molar-refractivity contribution is 6.36. The summed E-state index contributed by atoms with van der Waals surface area (Å²) in [5, 5.41) is 14.6. The molecule has 4 atom stereocenters. The van der Waals surface area contributed by atoms with Gasteiger partial charge in [-0.05, 0) is 25.0 Å². The zero-order valence-electron chi connectivity index (χ0n) is 12.7. The molecular weight excluding hydrogens is 330 g/mol. The van der Waals surface area contributed by atoms with Crippen molar-refractivity contribution in [1.82, 2.24) is 0 Å². The Morgan fingerprint density at radius 1 is 1.04 bits per heavy atom. The summed E-state index contributed by atoms with van der Waals surface area (Å²) in [4.78, 5) is 24.3. The lowest BCUT2D eigenvalue weighted by Gasteiger charge is -2.24. The lowest BCUT2D eigenvalue weighted by Crippen LogP contribution is -2.40. The second-order valence-corrected chi connectivity index (χ2v) is 6.72. The van der Waals surface area contributed by atoms with Gasteiger partial charge in [0.25, 0.3) is 0 Å². The van der Waals surface area contributed by atoms with Crippen molar-refractivity contribution in [3.8, 4) is 0 Å². The molecule has 2 heterocycles. The van der Waals surface area contributed by atoms with Gasteiger partial charge in [0.1, 0.15) is 0 Å². The van der Waals surface area contributed by atoms with Crippen LogP contribution in [0.5, 0.6) is 0 Å². The van der Waals surface area contributed by atoms with E-state index in [4.69, 9.17) is 16.3 Å². The number of hydrogen-bond acceptors (Lipinski definition) is 3. The molecule has 2 N–H and O–H groups in total. The van der Waals surface area contributed by atoms with Crippen molar-refractivity contribution in [3.63, 3.8) is 0 Å². The Labute approximate surface area is 143 Å². The molecule has 2 bridgehead atoms. The van der Waals surface area contributed by atoms with Gasteiger partial charge in [-0.1, -0.05) is 35.9 Å². The highest BCUT2D eigenvalue weighted by Gasteiger charge is 2.55. The van der Waals surface area contributed by atoms with Crippen LogP contribution in [0, 0.1) is 11.8 Å². The van der Waals surface area contributed by atoms with Gasteiger partial charge in [-0.25, -0.2) is 0 Å². The average molecular weight is 346 g/mol. The van der Waals surface area contributed by atoms with E-state index < -0.39 is 17.8 Å². The highest BCUT2D eigenvalue weighted by atomic mass is 35.5. The first kappa shape index (κ1) is 15.4. The van der Waals surface area contributed by atoms with Gasteiger partial charge in [-0.2, -0.15) is 0 Å². The molecule has 1 amide bonds. The minimum Gasteiger partial charge on any atom is -0.481 e. The molecule has 4 unspecified atom stereocenters. The maximum absolute atomic E-state index is 12.8. The first-order valence-electron chi connectivity index (χ1n) is 7.92. The third-order valence-electron chi connectivity index (χ3n) is 4.99. The SMILES string of the molecule is O=C(O)C1C2CCC(O2)C1C(=O)Nc1ccc(Cl)c2ccccc12. The van der Waals surface area contributed by atoms with Crippen molar-refractivity contribution in [1.29, 1.82) is 0 Å². The lowest BCUT2D eigenvalue weighted by molar-refractivity contribution is -0.147. The fraction of sp³-hybridized carbons (Fsp3) is 0.333. The number of aliphatic carboxylic acids is 1. The number of ether oxygens (including phenoxy) is 1. The summed E-state index contributed by atoms with van der Waals surface area (Å²) in [6.45, 7) is 0. The number of fused-ring (bicyclic) bond motifs is 3. The van der Waals surface area contributed by atoms with Crippen LogP contribution >= 0.6 is 11.6 Å². The normalized spacial score (nSPS) is 28.2. The van der Waals surface area contributed by atoms with Crippen molar-refractivity contribution >= 4 is 39.9 Å². The van der Waals surface area contributed by atoms with E-state index in [0.29, 0.717) is 17.1 Å². The van der Waals surface area contributed by atoms with E-state index in [-0.39, 0.29) is 18.1 Å². The second-order valence-electron chi connectivity index (χ2n) is 6.31. The van der Waals surface area contributed by atoms with Gasteiger partial charge < -0.3 is 15.2 Å². The predicted molar refractivity (Wildman–Crippen MR) is 90.1 cm³/mol. The third kappa shape index (κ3) is 2.36. The number of carbonyl (C=O) groups excluding carboxylic acids is 1. The van der Waals surface area contributed by atoms with Crippen LogP contribution in [0.2, 0.25) is 5.02 Å². The third-order valence-corrected chi connectivity index (χ3v) is 5.32. The lowest BCUT2D eigenvalue weighted by atomic mass is 9.78. The van der Waals surface area contributed by atoms with E-state index in [1.165, 1.54) is 0 Å². The minimum atomic E-state index is -0.969. The van der Waals surface area contributed by atoms with E-state index in [1.54, 1.807) is 12.1 Å². The second kappa shape index (κ2) is 5.76. The van der Waals surface area contributed by atoms with Crippen molar-refractivity contribution in [2.24, 2.45) is 11.8 Å².